The molecule has 0 amide bonds. The Labute approximate surface area is 76.8 Å². The maximum absolute atomic E-state index is 4.36. The predicted octanol–water partition coefficient (Wildman–Crippen LogP) is 1.95. The molecule has 0 spiro atoms. The van der Waals surface area contributed by atoms with E-state index in [-0.39, 0.29) is 0 Å². The van der Waals surface area contributed by atoms with Crippen molar-refractivity contribution in [3.63, 3.8) is 0 Å². The lowest BCUT2D eigenvalue weighted by Gasteiger charge is -2.06. The standard InChI is InChI=1S/C10H11N3/c1-6-7(2)9-4-5-11-13-10(9)12-8(6)3/h4-5H,1-3H3. The molecule has 0 N–H and O–H groups in total. The van der Waals surface area contributed by atoms with Crippen molar-refractivity contribution in [1.82, 2.24) is 15.2 Å². The van der Waals surface area contributed by atoms with Crippen LogP contribution in [0.1, 0.15) is 16.8 Å². The maximum atomic E-state index is 4.36. The number of rotatable bonds is 0. The van der Waals surface area contributed by atoms with Crippen LogP contribution in [-0.2, 0) is 0 Å². The summed E-state index contributed by atoms with van der Waals surface area (Å²) in [5.41, 5.74) is 4.26. The quantitative estimate of drug-likeness (QED) is 0.611. The van der Waals surface area contributed by atoms with Gasteiger partial charge in [0.15, 0.2) is 5.65 Å². The van der Waals surface area contributed by atoms with E-state index in [1.807, 2.05) is 13.0 Å². The topological polar surface area (TPSA) is 38.7 Å². The van der Waals surface area contributed by atoms with Crippen LogP contribution >= 0.6 is 0 Å². The van der Waals surface area contributed by atoms with Crippen LogP contribution in [0.3, 0.4) is 0 Å². The molecule has 0 radical (unpaired) electrons. The summed E-state index contributed by atoms with van der Waals surface area (Å²) < 4.78 is 0. The summed E-state index contributed by atoms with van der Waals surface area (Å²) in [5.74, 6) is 0. The zero-order valence-electron chi connectivity index (χ0n) is 8.00. The van der Waals surface area contributed by atoms with Gasteiger partial charge < -0.3 is 0 Å². The minimum absolute atomic E-state index is 0.739. The molecule has 0 atom stereocenters. The maximum Gasteiger partial charge on any atom is 0.182 e. The molecular weight excluding hydrogens is 162 g/mol. The van der Waals surface area contributed by atoms with Crippen molar-refractivity contribution < 1.29 is 0 Å². The van der Waals surface area contributed by atoms with Crippen molar-refractivity contribution >= 4 is 11.0 Å². The van der Waals surface area contributed by atoms with E-state index in [2.05, 4.69) is 29.0 Å². The molecule has 0 aliphatic rings. The van der Waals surface area contributed by atoms with Crippen LogP contribution in [0.15, 0.2) is 12.3 Å². The summed E-state index contributed by atoms with van der Waals surface area (Å²) in [5, 5.41) is 8.89. The van der Waals surface area contributed by atoms with E-state index in [0.29, 0.717) is 0 Å². The molecule has 0 unspecified atom stereocenters. The molecule has 0 saturated heterocycles. The monoisotopic (exact) mass is 173 g/mol. The van der Waals surface area contributed by atoms with Gasteiger partial charge in [0, 0.05) is 11.1 Å². The molecule has 0 aliphatic heterocycles. The summed E-state index contributed by atoms with van der Waals surface area (Å²) >= 11 is 0. The third-order valence-corrected chi connectivity index (χ3v) is 2.48. The first-order valence-electron chi connectivity index (χ1n) is 4.25. The SMILES string of the molecule is Cc1nc2nnccc2c(C)c1C. The molecule has 0 bridgehead atoms. The van der Waals surface area contributed by atoms with Crippen LogP contribution in [0.2, 0.25) is 0 Å². The molecule has 0 aromatic carbocycles. The van der Waals surface area contributed by atoms with Gasteiger partial charge in [-0.25, -0.2) is 4.98 Å². The van der Waals surface area contributed by atoms with E-state index in [0.717, 1.165) is 16.7 Å². The zero-order chi connectivity index (χ0) is 9.42. The van der Waals surface area contributed by atoms with E-state index >= 15 is 0 Å². The molecule has 3 nitrogen and oxygen atoms in total. The molecule has 13 heavy (non-hydrogen) atoms. The van der Waals surface area contributed by atoms with Crippen LogP contribution < -0.4 is 0 Å². The van der Waals surface area contributed by atoms with Crippen LogP contribution in [0.4, 0.5) is 0 Å². The highest BCUT2D eigenvalue weighted by atomic mass is 15.1. The van der Waals surface area contributed by atoms with Gasteiger partial charge in [-0.15, -0.1) is 5.10 Å². The second kappa shape index (κ2) is 2.76. The largest absolute Gasteiger partial charge is 0.232 e. The second-order valence-corrected chi connectivity index (χ2v) is 3.22. The number of aromatic nitrogens is 3. The van der Waals surface area contributed by atoms with Gasteiger partial charge in [-0.1, -0.05) is 0 Å². The van der Waals surface area contributed by atoms with Crippen molar-refractivity contribution in [3.8, 4) is 0 Å². The van der Waals surface area contributed by atoms with Crippen LogP contribution in [0.5, 0.6) is 0 Å². The van der Waals surface area contributed by atoms with E-state index in [1.54, 1.807) is 6.20 Å². The Morgan fingerprint density at radius 2 is 1.85 bits per heavy atom. The van der Waals surface area contributed by atoms with Gasteiger partial charge in [-0.3, -0.25) is 0 Å². The first kappa shape index (κ1) is 8.10. The van der Waals surface area contributed by atoms with Gasteiger partial charge in [-0.05, 0) is 38.0 Å². The molecule has 66 valence electrons. The zero-order valence-corrected chi connectivity index (χ0v) is 8.00. The minimum atomic E-state index is 0.739. The molecule has 0 saturated carbocycles. The van der Waals surface area contributed by atoms with Crippen LogP contribution in [0.25, 0.3) is 11.0 Å². The second-order valence-electron chi connectivity index (χ2n) is 3.22. The van der Waals surface area contributed by atoms with E-state index in [9.17, 15) is 0 Å². The number of pyridine rings is 1. The molecule has 2 heterocycles. The molecule has 3 heteroatoms. The van der Waals surface area contributed by atoms with Crippen LogP contribution in [-0.4, -0.2) is 15.2 Å². The van der Waals surface area contributed by atoms with Crippen LogP contribution in [0, 0.1) is 20.8 Å². The summed E-state index contributed by atoms with van der Waals surface area (Å²) in [4.78, 5) is 4.36. The third kappa shape index (κ3) is 1.16. The summed E-state index contributed by atoms with van der Waals surface area (Å²) in [7, 11) is 0. The Kier molecular flexibility index (Phi) is 1.72. The number of hydrogen-bond donors (Lipinski definition) is 0. The lowest BCUT2D eigenvalue weighted by atomic mass is 10.1. The number of fused-ring (bicyclic) bond motifs is 1. The Morgan fingerprint density at radius 1 is 1.08 bits per heavy atom. The summed E-state index contributed by atoms with van der Waals surface area (Å²) in [6, 6.07) is 1.96. The van der Waals surface area contributed by atoms with Gasteiger partial charge >= 0.3 is 0 Å². The first-order valence-corrected chi connectivity index (χ1v) is 4.25. The van der Waals surface area contributed by atoms with Gasteiger partial charge in [0.1, 0.15) is 0 Å². The van der Waals surface area contributed by atoms with Crippen molar-refractivity contribution in [1.29, 1.82) is 0 Å². The van der Waals surface area contributed by atoms with Crippen molar-refractivity contribution in [2.45, 2.75) is 20.8 Å². The molecule has 0 aliphatic carbocycles. The summed E-state index contributed by atoms with van der Waals surface area (Å²) in [6.45, 7) is 6.17. The van der Waals surface area contributed by atoms with E-state index in [4.69, 9.17) is 0 Å². The molecular formula is C10H11N3. The first-order chi connectivity index (χ1) is 6.20. The predicted molar refractivity (Wildman–Crippen MR) is 51.5 cm³/mol. The lowest BCUT2D eigenvalue weighted by molar-refractivity contribution is 1.03. The van der Waals surface area contributed by atoms with E-state index in [1.165, 1.54) is 11.1 Å². The number of nitrogens with zero attached hydrogens (tertiary/aromatic N) is 3. The normalized spacial score (nSPS) is 10.7. The Balaban J connectivity index is 2.94. The molecule has 2 rings (SSSR count). The fourth-order valence-corrected chi connectivity index (χ4v) is 1.42. The Morgan fingerprint density at radius 3 is 2.62 bits per heavy atom. The van der Waals surface area contributed by atoms with Gasteiger partial charge in [0.05, 0.1) is 6.20 Å². The van der Waals surface area contributed by atoms with Crippen molar-refractivity contribution in [3.05, 3.63) is 29.1 Å². The van der Waals surface area contributed by atoms with Gasteiger partial charge in [0.2, 0.25) is 0 Å². The van der Waals surface area contributed by atoms with E-state index < -0.39 is 0 Å². The molecule has 2 aromatic rings. The fourth-order valence-electron chi connectivity index (χ4n) is 1.42. The lowest BCUT2D eigenvalue weighted by Crippen LogP contribution is -1.96. The van der Waals surface area contributed by atoms with Gasteiger partial charge in [-0.2, -0.15) is 5.10 Å². The van der Waals surface area contributed by atoms with Crippen molar-refractivity contribution in [2.75, 3.05) is 0 Å². The average molecular weight is 173 g/mol. The average Bonchev–Trinajstić information content (AvgIpc) is 2.15. The van der Waals surface area contributed by atoms with Crippen molar-refractivity contribution in [2.24, 2.45) is 0 Å². The Hall–Kier alpha value is -1.51. The smallest absolute Gasteiger partial charge is 0.182 e. The number of hydrogen-bond acceptors (Lipinski definition) is 3. The summed E-state index contributed by atoms with van der Waals surface area (Å²) in [6.07, 6.45) is 1.70. The highest BCUT2D eigenvalue weighted by molar-refractivity contribution is 5.79. The molecule has 0 fully saturated rings. The Bertz CT molecular complexity index is 463. The molecule has 2 aromatic heterocycles. The fraction of sp³-hybridized carbons (Fsp3) is 0.300. The number of aryl methyl sites for hydroxylation is 2. The minimum Gasteiger partial charge on any atom is -0.232 e. The van der Waals surface area contributed by atoms with Gasteiger partial charge in [0.25, 0.3) is 0 Å². The highest BCUT2D eigenvalue weighted by Crippen LogP contribution is 2.18. The third-order valence-electron chi connectivity index (χ3n) is 2.48. The highest BCUT2D eigenvalue weighted by Gasteiger charge is 2.05.